The number of rotatable bonds is 5. The van der Waals surface area contributed by atoms with E-state index in [9.17, 15) is 0 Å². The number of para-hydroxylation sites is 3. The van der Waals surface area contributed by atoms with Crippen LogP contribution in [-0.2, 0) is 16.2 Å². The Balaban J connectivity index is 1.11. The van der Waals surface area contributed by atoms with Gasteiger partial charge in [0.25, 0.3) is 0 Å². The molecule has 3 heterocycles. The Kier molecular flexibility index (Phi) is 7.98. The van der Waals surface area contributed by atoms with E-state index >= 15 is 0 Å². The molecule has 4 heteroatoms. The molecule has 0 saturated carbocycles. The van der Waals surface area contributed by atoms with Crippen LogP contribution in [0.3, 0.4) is 0 Å². The summed E-state index contributed by atoms with van der Waals surface area (Å²) in [5, 5.41) is 6.22. The zero-order valence-electron chi connectivity index (χ0n) is 36.0. The van der Waals surface area contributed by atoms with Crippen molar-refractivity contribution < 1.29 is 4.42 Å². The van der Waals surface area contributed by atoms with Gasteiger partial charge in [-0.05, 0) is 123 Å². The first-order chi connectivity index (χ1) is 30.1. The number of nitrogens with one attached hydrogen (secondary N) is 1. The monoisotopic (exact) mass is 799 g/mol. The molecule has 3 nitrogen and oxygen atoms in total. The second-order valence-electron chi connectivity index (χ2n) is 19.1. The Morgan fingerprint density at radius 1 is 0.565 bits per heavy atom. The Labute approximate surface area is 365 Å². The SMILES string of the molecule is Cc1cc(-c2c(Nc3ccc4c(c3)C(C)(C)CCC4(C)C)ccc3c2oc2ccccc23)c2c(c1)N1c3ccccc3C(c3ccccc3)(c3ccccc3)c3cccc(c31)[B]2. The number of nitrogens with zero attached hydrogens (tertiary/aromatic N) is 1. The third-order valence-electron chi connectivity index (χ3n) is 14.4. The van der Waals surface area contributed by atoms with Gasteiger partial charge in [0.2, 0.25) is 0 Å². The fourth-order valence-corrected chi connectivity index (χ4v) is 11.4. The Hall–Kier alpha value is -6.78. The zero-order chi connectivity index (χ0) is 42.0. The summed E-state index contributed by atoms with van der Waals surface area (Å²) in [5.41, 5.74) is 20.9. The molecule has 12 rings (SSSR count). The summed E-state index contributed by atoms with van der Waals surface area (Å²) in [6.45, 7) is 11.8. The van der Waals surface area contributed by atoms with Crippen LogP contribution in [0.15, 0.2) is 174 Å². The molecular formula is C58H48BN2O. The largest absolute Gasteiger partial charge is 0.455 e. The molecule has 9 aromatic rings. The lowest BCUT2D eigenvalue weighted by atomic mass is 9.54. The zero-order valence-corrected chi connectivity index (χ0v) is 36.0. The molecular weight excluding hydrogens is 751 g/mol. The lowest BCUT2D eigenvalue weighted by Gasteiger charge is -2.49. The maximum Gasteiger partial charge on any atom is 0.197 e. The van der Waals surface area contributed by atoms with Crippen molar-refractivity contribution in [2.45, 2.75) is 63.7 Å². The van der Waals surface area contributed by atoms with Gasteiger partial charge in [0.15, 0.2) is 7.28 Å². The van der Waals surface area contributed by atoms with Gasteiger partial charge in [-0.25, -0.2) is 0 Å². The van der Waals surface area contributed by atoms with Gasteiger partial charge in [0, 0.05) is 33.4 Å². The van der Waals surface area contributed by atoms with E-state index in [2.05, 4.69) is 222 Å². The molecule has 0 saturated heterocycles. The van der Waals surface area contributed by atoms with Crippen molar-refractivity contribution in [1.29, 1.82) is 0 Å². The van der Waals surface area contributed by atoms with E-state index in [-0.39, 0.29) is 10.8 Å². The average Bonchev–Trinajstić information content (AvgIpc) is 3.67. The minimum atomic E-state index is -0.533. The van der Waals surface area contributed by atoms with Gasteiger partial charge in [0.05, 0.1) is 16.8 Å². The number of benzene rings is 8. The molecule has 3 aliphatic rings. The number of anilines is 5. The van der Waals surface area contributed by atoms with E-state index in [4.69, 9.17) is 4.42 Å². The van der Waals surface area contributed by atoms with Crippen molar-refractivity contribution in [3.63, 3.8) is 0 Å². The summed E-state index contributed by atoms with van der Waals surface area (Å²) in [6.07, 6.45) is 2.35. The van der Waals surface area contributed by atoms with Crippen LogP contribution in [0.4, 0.5) is 28.4 Å². The van der Waals surface area contributed by atoms with Gasteiger partial charge in [-0.2, -0.15) is 0 Å². The topological polar surface area (TPSA) is 28.4 Å². The molecule has 0 amide bonds. The third kappa shape index (κ3) is 5.25. The van der Waals surface area contributed by atoms with E-state index in [1.165, 1.54) is 79.8 Å². The van der Waals surface area contributed by atoms with E-state index in [0.29, 0.717) is 0 Å². The summed E-state index contributed by atoms with van der Waals surface area (Å²) in [4.78, 5) is 2.55. The van der Waals surface area contributed by atoms with Gasteiger partial charge in [-0.15, -0.1) is 0 Å². The van der Waals surface area contributed by atoms with Gasteiger partial charge in [0.1, 0.15) is 11.2 Å². The van der Waals surface area contributed by atoms with Crippen LogP contribution in [0.1, 0.15) is 79.5 Å². The van der Waals surface area contributed by atoms with Crippen LogP contribution in [0.5, 0.6) is 0 Å². The summed E-state index contributed by atoms with van der Waals surface area (Å²) in [6, 6.07) is 62.9. The molecule has 0 atom stereocenters. The Bertz CT molecular complexity index is 3230. The maximum atomic E-state index is 6.97. The number of hydrogen-bond donors (Lipinski definition) is 1. The summed E-state index contributed by atoms with van der Waals surface area (Å²) in [5.74, 6) is 0. The molecule has 1 N–H and O–H groups in total. The molecule has 0 unspecified atom stereocenters. The summed E-state index contributed by atoms with van der Waals surface area (Å²) in [7, 11) is 2.43. The lowest BCUT2D eigenvalue weighted by molar-refractivity contribution is 0.332. The Morgan fingerprint density at radius 3 is 2.02 bits per heavy atom. The fourth-order valence-electron chi connectivity index (χ4n) is 11.4. The van der Waals surface area contributed by atoms with Crippen molar-refractivity contribution in [1.82, 2.24) is 0 Å². The highest BCUT2D eigenvalue weighted by Gasteiger charge is 2.48. The molecule has 0 spiro atoms. The van der Waals surface area contributed by atoms with Crippen LogP contribution in [0.25, 0.3) is 33.1 Å². The second-order valence-corrected chi connectivity index (χ2v) is 19.1. The first-order valence-electron chi connectivity index (χ1n) is 22.1. The predicted molar refractivity (Wildman–Crippen MR) is 260 cm³/mol. The summed E-state index contributed by atoms with van der Waals surface area (Å²) >= 11 is 0. The molecule has 8 aromatic carbocycles. The molecule has 2 aliphatic heterocycles. The van der Waals surface area contributed by atoms with E-state index < -0.39 is 5.41 Å². The number of hydrogen-bond acceptors (Lipinski definition) is 3. The van der Waals surface area contributed by atoms with E-state index in [1.54, 1.807) is 0 Å². The van der Waals surface area contributed by atoms with E-state index in [1.807, 2.05) is 0 Å². The Morgan fingerprint density at radius 2 is 1.24 bits per heavy atom. The highest BCUT2D eigenvalue weighted by Crippen LogP contribution is 2.58. The normalized spacial score (nSPS) is 16.2. The number of aryl methyl sites for hydroxylation is 1. The molecule has 62 heavy (non-hydrogen) atoms. The van der Waals surface area contributed by atoms with Crippen molar-refractivity contribution in [2.24, 2.45) is 0 Å². The van der Waals surface area contributed by atoms with Crippen LogP contribution in [-0.4, -0.2) is 7.28 Å². The molecule has 1 radical (unpaired) electrons. The molecule has 0 fully saturated rings. The van der Waals surface area contributed by atoms with Gasteiger partial charge in [-0.3, -0.25) is 0 Å². The summed E-state index contributed by atoms with van der Waals surface area (Å²) < 4.78 is 6.97. The van der Waals surface area contributed by atoms with Crippen LogP contribution < -0.4 is 21.1 Å². The first-order valence-corrected chi connectivity index (χ1v) is 22.1. The van der Waals surface area contributed by atoms with Crippen molar-refractivity contribution in [3.05, 3.63) is 209 Å². The maximum absolute atomic E-state index is 6.97. The first kappa shape index (κ1) is 37.0. The lowest BCUT2D eigenvalue weighted by Crippen LogP contribution is -2.47. The van der Waals surface area contributed by atoms with Crippen molar-refractivity contribution in [3.8, 4) is 11.1 Å². The fraction of sp³-hybridized carbons (Fsp3) is 0.172. The smallest absolute Gasteiger partial charge is 0.197 e. The van der Waals surface area contributed by atoms with Gasteiger partial charge in [-0.1, -0.05) is 161 Å². The quantitative estimate of drug-likeness (QED) is 0.176. The minimum Gasteiger partial charge on any atom is -0.455 e. The van der Waals surface area contributed by atoms with Crippen molar-refractivity contribution >= 4 is 68.6 Å². The third-order valence-corrected chi connectivity index (χ3v) is 14.4. The highest BCUT2D eigenvalue weighted by atomic mass is 16.3. The van der Waals surface area contributed by atoms with Crippen LogP contribution >= 0.6 is 0 Å². The minimum absolute atomic E-state index is 0.0915. The van der Waals surface area contributed by atoms with Crippen LogP contribution in [0.2, 0.25) is 0 Å². The predicted octanol–water partition coefficient (Wildman–Crippen LogP) is 13.8. The molecule has 1 aliphatic carbocycles. The number of furan rings is 1. The van der Waals surface area contributed by atoms with Gasteiger partial charge < -0.3 is 14.6 Å². The average molecular weight is 800 g/mol. The number of fused-ring (bicyclic) bond motifs is 8. The molecule has 0 bridgehead atoms. The highest BCUT2D eigenvalue weighted by molar-refractivity contribution is 6.73. The second kappa shape index (κ2) is 13.4. The van der Waals surface area contributed by atoms with Crippen molar-refractivity contribution in [2.75, 3.05) is 10.2 Å². The molecule has 1 aromatic heterocycles. The van der Waals surface area contributed by atoms with Gasteiger partial charge >= 0.3 is 0 Å². The standard InChI is InChI=1S/C58H48BN2O/c1-36-33-42(52-48(30-28-41-40-21-12-15-26-51(40)62-55(41)52)60-39-27-29-43-46(35-39)57(4,5)32-31-56(43,2)3)53-50(34-36)61-49-25-14-13-22-44(49)58(37-17-8-6-9-18-37,38-19-10-7-11-20-38)45-23-16-24-47(59-53)54(45)61/h6-30,33-35,60H,31-32H2,1-5H3. The van der Waals surface area contributed by atoms with Crippen LogP contribution in [0, 0.1) is 6.92 Å². The van der Waals surface area contributed by atoms with E-state index in [0.717, 1.165) is 44.4 Å². The molecule has 299 valence electrons.